The Hall–Kier alpha value is -0.770. The third-order valence-electron chi connectivity index (χ3n) is 3.38. The number of likely N-dealkylation sites (tertiary alicyclic amines) is 1. The minimum absolute atomic E-state index is 0.269. The number of aliphatic imine (C=N–C) groups is 1. The summed E-state index contributed by atoms with van der Waals surface area (Å²) >= 11 is 0. The number of nitrogens with one attached hydrogen (secondary N) is 1. The van der Waals surface area contributed by atoms with E-state index in [0.717, 1.165) is 12.5 Å². The van der Waals surface area contributed by atoms with Gasteiger partial charge in [0.05, 0.1) is 0 Å². The van der Waals surface area contributed by atoms with Crippen LogP contribution in [0.1, 0.15) is 41.0 Å². The van der Waals surface area contributed by atoms with Crippen molar-refractivity contribution < 1.29 is 0 Å². The van der Waals surface area contributed by atoms with Crippen molar-refractivity contribution in [1.82, 2.24) is 10.3 Å². The summed E-state index contributed by atoms with van der Waals surface area (Å²) < 4.78 is 0. The van der Waals surface area contributed by atoms with E-state index in [1.54, 1.807) is 0 Å². The first-order chi connectivity index (χ1) is 7.45. The zero-order valence-corrected chi connectivity index (χ0v) is 11.2. The lowest BCUT2D eigenvalue weighted by atomic mass is 9.86. The molecule has 16 heavy (non-hydrogen) atoms. The molecule has 0 radical (unpaired) electrons. The lowest BCUT2D eigenvalue weighted by molar-refractivity contribution is 0.142. The number of hydrazine groups is 1. The van der Waals surface area contributed by atoms with E-state index in [1.165, 1.54) is 6.42 Å². The summed E-state index contributed by atoms with van der Waals surface area (Å²) in [6, 6.07) is 0.774. The molecule has 3 unspecified atom stereocenters. The lowest BCUT2D eigenvalue weighted by Gasteiger charge is -2.42. The fourth-order valence-corrected chi connectivity index (χ4v) is 2.43. The summed E-state index contributed by atoms with van der Waals surface area (Å²) in [6.07, 6.45) is 1.29. The molecule has 1 heterocycles. The Morgan fingerprint density at radius 3 is 2.50 bits per heavy atom. The maximum absolute atomic E-state index is 5.58. The van der Waals surface area contributed by atoms with Gasteiger partial charge in [-0.2, -0.15) is 0 Å². The van der Waals surface area contributed by atoms with Gasteiger partial charge in [-0.05, 0) is 39.0 Å². The zero-order valence-electron chi connectivity index (χ0n) is 11.2. The van der Waals surface area contributed by atoms with E-state index in [9.17, 15) is 0 Å². The summed E-state index contributed by atoms with van der Waals surface area (Å²) in [5.41, 5.74) is 2.75. The van der Waals surface area contributed by atoms with Crippen LogP contribution in [0.15, 0.2) is 4.99 Å². The van der Waals surface area contributed by atoms with Crippen molar-refractivity contribution >= 4 is 5.96 Å². The molecule has 0 aromatic rings. The predicted molar refractivity (Wildman–Crippen MR) is 69.0 cm³/mol. The average Bonchev–Trinajstić information content (AvgIpc) is 2.20. The first-order valence-electron chi connectivity index (χ1n) is 6.26. The number of hydrogen-bond acceptors (Lipinski definition) is 2. The van der Waals surface area contributed by atoms with Crippen molar-refractivity contribution in [1.29, 1.82) is 0 Å². The fourth-order valence-electron chi connectivity index (χ4n) is 2.43. The number of guanidine groups is 1. The molecule has 1 aliphatic heterocycles. The monoisotopic (exact) mass is 226 g/mol. The molecule has 1 aliphatic rings. The van der Waals surface area contributed by atoms with Crippen LogP contribution in [0, 0.1) is 11.8 Å². The molecule has 4 nitrogen and oxygen atoms in total. The van der Waals surface area contributed by atoms with E-state index in [2.05, 4.69) is 49.9 Å². The molecular formula is C12H26N4. The van der Waals surface area contributed by atoms with Gasteiger partial charge in [-0.25, -0.2) is 10.8 Å². The van der Waals surface area contributed by atoms with Crippen LogP contribution in [-0.2, 0) is 0 Å². The summed E-state index contributed by atoms with van der Waals surface area (Å²) in [6.45, 7) is 12.0. The van der Waals surface area contributed by atoms with Gasteiger partial charge >= 0.3 is 0 Å². The molecule has 1 rings (SSSR count). The van der Waals surface area contributed by atoms with E-state index in [1.807, 2.05) is 0 Å². The molecule has 1 saturated heterocycles. The molecule has 0 aliphatic carbocycles. The second-order valence-corrected chi connectivity index (χ2v) is 5.40. The van der Waals surface area contributed by atoms with Crippen molar-refractivity contribution in [3.8, 4) is 0 Å². The van der Waals surface area contributed by atoms with E-state index in [4.69, 9.17) is 5.84 Å². The Morgan fingerprint density at radius 2 is 2.00 bits per heavy atom. The van der Waals surface area contributed by atoms with Gasteiger partial charge in [0.2, 0.25) is 5.96 Å². The van der Waals surface area contributed by atoms with Crippen molar-refractivity contribution in [2.45, 2.75) is 53.1 Å². The van der Waals surface area contributed by atoms with Crippen LogP contribution >= 0.6 is 0 Å². The highest BCUT2D eigenvalue weighted by Crippen LogP contribution is 2.26. The van der Waals surface area contributed by atoms with Gasteiger partial charge in [-0.1, -0.05) is 13.8 Å². The van der Waals surface area contributed by atoms with Crippen LogP contribution in [0.25, 0.3) is 0 Å². The van der Waals surface area contributed by atoms with Crippen LogP contribution in [0.4, 0.5) is 0 Å². The quantitative estimate of drug-likeness (QED) is 0.309. The van der Waals surface area contributed by atoms with E-state index >= 15 is 0 Å². The largest absolute Gasteiger partial charge is 0.339 e. The molecule has 1 fully saturated rings. The lowest BCUT2D eigenvalue weighted by Crippen LogP contribution is -2.55. The molecule has 0 aromatic carbocycles. The highest BCUT2D eigenvalue weighted by molar-refractivity contribution is 5.80. The van der Waals surface area contributed by atoms with E-state index in [-0.39, 0.29) is 6.04 Å². The average molecular weight is 226 g/mol. The first-order valence-corrected chi connectivity index (χ1v) is 6.26. The Bertz CT molecular complexity index is 249. The van der Waals surface area contributed by atoms with Gasteiger partial charge in [0, 0.05) is 18.6 Å². The smallest absolute Gasteiger partial charge is 0.208 e. The number of nitrogens with zero attached hydrogens (tertiary/aromatic N) is 2. The highest BCUT2D eigenvalue weighted by Gasteiger charge is 2.30. The standard InChI is InChI=1S/C12H26N4/c1-8(2)14-12(15-13)16-7-9(3)6-10(4)11(16)5/h8-11H,6-7,13H2,1-5H3,(H,14,15). The topological polar surface area (TPSA) is 53.6 Å². The minimum Gasteiger partial charge on any atom is -0.339 e. The molecule has 0 spiro atoms. The Labute approximate surface area is 99.3 Å². The van der Waals surface area contributed by atoms with Crippen LogP contribution < -0.4 is 11.3 Å². The highest BCUT2D eigenvalue weighted by atomic mass is 15.4. The fraction of sp³-hybridized carbons (Fsp3) is 0.917. The molecular weight excluding hydrogens is 200 g/mol. The maximum atomic E-state index is 5.58. The summed E-state index contributed by atoms with van der Waals surface area (Å²) in [5.74, 6) is 7.81. The minimum atomic E-state index is 0.269. The van der Waals surface area contributed by atoms with Gasteiger partial charge in [0.25, 0.3) is 0 Å². The van der Waals surface area contributed by atoms with Crippen molar-refractivity contribution in [3.63, 3.8) is 0 Å². The van der Waals surface area contributed by atoms with Crippen LogP contribution in [0.3, 0.4) is 0 Å². The molecule has 3 N–H and O–H groups in total. The van der Waals surface area contributed by atoms with Crippen LogP contribution in [0.2, 0.25) is 0 Å². The number of nitrogens with two attached hydrogens (primary N) is 1. The summed E-state index contributed by atoms with van der Waals surface area (Å²) in [5, 5.41) is 0. The Morgan fingerprint density at radius 1 is 1.38 bits per heavy atom. The van der Waals surface area contributed by atoms with E-state index < -0.39 is 0 Å². The molecule has 0 bridgehead atoms. The molecule has 0 aromatic heterocycles. The van der Waals surface area contributed by atoms with Crippen molar-refractivity contribution in [2.75, 3.05) is 6.54 Å². The van der Waals surface area contributed by atoms with Crippen molar-refractivity contribution in [2.24, 2.45) is 22.7 Å². The Kier molecular flexibility index (Phi) is 4.59. The van der Waals surface area contributed by atoms with Gasteiger partial charge in [0.15, 0.2) is 0 Å². The van der Waals surface area contributed by atoms with Gasteiger partial charge < -0.3 is 4.90 Å². The number of piperidine rings is 1. The molecule has 0 saturated carbocycles. The molecule has 3 atom stereocenters. The maximum Gasteiger partial charge on any atom is 0.208 e. The van der Waals surface area contributed by atoms with Crippen LogP contribution in [-0.4, -0.2) is 29.5 Å². The number of hydrogen-bond donors (Lipinski definition) is 2. The SMILES string of the molecule is CC1CC(C)C(C)N(C(=NC(C)C)NN)C1. The van der Waals surface area contributed by atoms with Crippen LogP contribution in [0.5, 0.6) is 0 Å². The summed E-state index contributed by atoms with van der Waals surface area (Å²) in [7, 11) is 0. The molecule has 0 amide bonds. The predicted octanol–water partition coefficient (Wildman–Crippen LogP) is 1.58. The third kappa shape index (κ3) is 3.11. The normalized spacial score (nSPS) is 32.1. The van der Waals surface area contributed by atoms with Gasteiger partial charge in [-0.3, -0.25) is 5.43 Å². The second kappa shape index (κ2) is 5.53. The van der Waals surface area contributed by atoms with Gasteiger partial charge in [0.1, 0.15) is 0 Å². The van der Waals surface area contributed by atoms with Gasteiger partial charge in [-0.15, -0.1) is 0 Å². The summed E-state index contributed by atoms with van der Waals surface area (Å²) in [4.78, 5) is 6.85. The number of rotatable bonds is 1. The first kappa shape index (κ1) is 13.3. The van der Waals surface area contributed by atoms with Crippen molar-refractivity contribution in [3.05, 3.63) is 0 Å². The molecule has 4 heteroatoms. The second-order valence-electron chi connectivity index (χ2n) is 5.40. The zero-order chi connectivity index (χ0) is 12.3. The third-order valence-corrected chi connectivity index (χ3v) is 3.38. The van der Waals surface area contributed by atoms with E-state index in [0.29, 0.717) is 17.9 Å². The Balaban J connectivity index is 2.82. The molecule has 94 valence electrons.